The first-order valence-corrected chi connectivity index (χ1v) is 7.75. The van der Waals surface area contributed by atoms with E-state index in [0.29, 0.717) is 6.61 Å². The molecule has 0 spiro atoms. The summed E-state index contributed by atoms with van der Waals surface area (Å²) in [5.41, 5.74) is 1.38. The highest BCUT2D eigenvalue weighted by Crippen LogP contribution is 2.39. The number of esters is 1. The van der Waals surface area contributed by atoms with Crippen LogP contribution in [0.3, 0.4) is 0 Å². The number of fused-ring (bicyclic) bond motifs is 3. The fourth-order valence-corrected chi connectivity index (χ4v) is 4.20. The van der Waals surface area contributed by atoms with Crippen LogP contribution in [0.2, 0.25) is 5.02 Å². The largest absolute Gasteiger partial charge is 0.466 e. The molecule has 0 aliphatic heterocycles. The van der Waals surface area contributed by atoms with Gasteiger partial charge in [-0.15, -0.1) is 11.3 Å². The number of hydrogen-bond acceptors (Lipinski definition) is 3. The van der Waals surface area contributed by atoms with E-state index in [1.165, 1.54) is 20.5 Å². The zero-order chi connectivity index (χ0) is 13.4. The van der Waals surface area contributed by atoms with E-state index in [2.05, 4.69) is 6.07 Å². The predicted octanol–water partition coefficient (Wildman–Crippen LogP) is 4.22. The monoisotopic (exact) mass is 294 g/mol. The molecule has 1 aliphatic carbocycles. The van der Waals surface area contributed by atoms with Gasteiger partial charge in [-0.25, -0.2) is 0 Å². The number of halogens is 1. The molecule has 0 amide bonds. The fourth-order valence-electron chi connectivity index (χ4n) is 2.72. The molecule has 0 saturated carbocycles. The number of rotatable bonds is 2. The van der Waals surface area contributed by atoms with Gasteiger partial charge in [0.25, 0.3) is 0 Å². The summed E-state index contributed by atoms with van der Waals surface area (Å²) in [6.07, 6.45) is 2.63. The first-order chi connectivity index (χ1) is 9.19. The molecule has 1 atom stereocenters. The molecule has 1 aromatic carbocycles. The Kier molecular flexibility index (Phi) is 3.50. The van der Waals surface area contributed by atoms with Crippen LogP contribution in [-0.2, 0) is 22.4 Å². The van der Waals surface area contributed by atoms with E-state index in [9.17, 15) is 4.79 Å². The molecule has 1 aliphatic rings. The standard InChI is InChI=1S/C15H15ClO2S/c1-2-18-15(17)9-3-5-11-12-8-10(16)4-6-13(12)19-14(11)7-9/h4,6,8-9H,2-3,5,7H2,1H3. The molecule has 4 heteroatoms. The first kappa shape index (κ1) is 12.9. The van der Waals surface area contributed by atoms with Crippen molar-refractivity contribution < 1.29 is 9.53 Å². The number of benzene rings is 1. The van der Waals surface area contributed by atoms with Crippen LogP contribution in [0.1, 0.15) is 23.8 Å². The van der Waals surface area contributed by atoms with Gasteiger partial charge in [-0.2, -0.15) is 0 Å². The Bertz CT molecular complexity index is 632. The van der Waals surface area contributed by atoms with Gasteiger partial charge < -0.3 is 4.74 Å². The van der Waals surface area contributed by atoms with Crippen LogP contribution in [0.5, 0.6) is 0 Å². The van der Waals surface area contributed by atoms with E-state index in [1.54, 1.807) is 11.3 Å². The molecule has 2 nitrogen and oxygen atoms in total. The third-order valence-corrected chi connectivity index (χ3v) is 5.10. The highest BCUT2D eigenvalue weighted by atomic mass is 35.5. The normalized spacial score (nSPS) is 18.3. The zero-order valence-corrected chi connectivity index (χ0v) is 12.3. The third kappa shape index (κ3) is 2.37. The lowest BCUT2D eigenvalue weighted by Crippen LogP contribution is -2.23. The first-order valence-electron chi connectivity index (χ1n) is 6.55. The summed E-state index contributed by atoms with van der Waals surface area (Å²) >= 11 is 7.85. The van der Waals surface area contributed by atoms with E-state index in [0.717, 1.165) is 24.3 Å². The number of carbonyl (C=O) groups excluding carboxylic acids is 1. The number of carbonyl (C=O) groups is 1. The molecule has 1 unspecified atom stereocenters. The van der Waals surface area contributed by atoms with Crippen molar-refractivity contribution in [1.82, 2.24) is 0 Å². The van der Waals surface area contributed by atoms with Crippen LogP contribution in [0, 0.1) is 5.92 Å². The van der Waals surface area contributed by atoms with Crippen LogP contribution in [-0.4, -0.2) is 12.6 Å². The zero-order valence-electron chi connectivity index (χ0n) is 10.7. The summed E-state index contributed by atoms with van der Waals surface area (Å²) in [6.45, 7) is 2.32. The molecular weight excluding hydrogens is 280 g/mol. The third-order valence-electron chi connectivity index (χ3n) is 3.63. The van der Waals surface area contributed by atoms with Gasteiger partial charge in [0.1, 0.15) is 0 Å². The maximum Gasteiger partial charge on any atom is 0.309 e. The molecule has 1 aromatic heterocycles. The minimum Gasteiger partial charge on any atom is -0.466 e. The fraction of sp³-hybridized carbons (Fsp3) is 0.400. The SMILES string of the molecule is CCOC(=O)C1CCc2c(sc3ccc(Cl)cc23)C1. The van der Waals surface area contributed by atoms with Crippen molar-refractivity contribution in [2.75, 3.05) is 6.61 Å². The minimum absolute atomic E-state index is 0.0241. The van der Waals surface area contributed by atoms with Crippen LogP contribution < -0.4 is 0 Å². The van der Waals surface area contributed by atoms with E-state index >= 15 is 0 Å². The van der Waals surface area contributed by atoms with Crippen LogP contribution in [0.15, 0.2) is 18.2 Å². The smallest absolute Gasteiger partial charge is 0.309 e. The van der Waals surface area contributed by atoms with Crippen molar-refractivity contribution in [2.45, 2.75) is 26.2 Å². The molecule has 0 bridgehead atoms. The Balaban J connectivity index is 1.93. The Morgan fingerprint density at radius 1 is 1.53 bits per heavy atom. The molecule has 3 rings (SSSR count). The summed E-state index contributed by atoms with van der Waals surface area (Å²) in [6, 6.07) is 6.03. The molecule has 19 heavy (non-hydrogen) atoms. The lowest BCUT2D eigenvalue weighted by molar-refractivity contribution is -0.148. The average Bonchev–Trinajstić information content (AvgIpc) is 2.76. The average molecular weight is 295 g/mol. The van der Waals surface area contributed by atoms with Crippen molar-refractivity contribution in [3.05, 3.63) is 33.7 Å². The maximum absolute atomic E-state index is 11.8. The minimum atomic E-state index is -0.0522. The lowest BCUT2D eigenvalue weighted by Gasteiger charge is -2.20. The van der Waals surface area contributed by atoms with Crippen molar-refractivity contribution in [1.29, 1.82) is 0 Å². The topological polar surface area (TPSA) is 26.3 Å². The Hall–Kier alpha value is -1.06. The summed E-state index contributed by atoms with van der Waals surface area (Å²) < 4.78 is 6.40. The Morgan fingerprint density at radius 2 is 2.37 bits per heavy atom. The Morgan fingerprint density at radius 3 is 3.16 bits per heavy atom. The number of ether oxygens (including phenoxy) is 1. The van der Waals surface area contributed by atoms with Gasteiger partial charge in [0.05, 0.1) is 12.5 Å². The lowest BCUT2D eigenvalue weighted by atomic mass is 9.87. The molecule has 0 fully saturated rings. The van der Waals surface area contributed by atoms with E-state index in [-0.39, 0.29) is 11.9 Å². The summed E-state index contributed by atoms with van der Waals surface area (Å²) in [7, 11) is 0. The van der Waals surface area contributed by atoms with Crippen LogP contribution in [0.25, 0.3) is 10.1 Å². The van der Waals surface area contributed by atoms with E-state index in [1.807, 2.05) is 19.1 Å². The van der Waals surface area contributed by atoms with E-state index in [4.69, 9.17) is 16.3 Å². The highest BCUT2D eigenvalue weighted by molar-refractivity contribution is 7.19. The van der Waals surface area contributed by atoms with Gasteiger partial charge in [0, 0.05) is 14.6 Å². The summed E-state index contributed by atoms with van der Waals surface area (Å²) in [5.74, 6) is -0.0281. The van der Waals surface area contributed by atoms with Crippen molar-refractivity contribution >= 4 is 39.0 Å². The van der Waals surface area contributed by atoms with Crippen molar-refractivity contribution in [2.24, 2.45) is 5.92 Å². The molecule has 2 aromatic rings. The van der Waals surface area contributed by atoms with Crippen LogP contribution in [0.4, 0.5) is 0 Å². The quantitative estimate of drug-likeness (QED) is 0.775. The predicted molar refractivity (Wildman–Crippen MR) is 79.0 cm³/mol. The second-order valence-electron chi connectivity index (χ2n) is 4.84. The van der Waals surface area contributed by atoms with Gasteiger partial charge >= 0.3 is 5.97 Å². The van der Waals surface area contributed by atoms with Gasteiger partial charge in [-0.1, -0.05) is 11.6 Å². The van der Waals surface area contributed by atoms with Gasteiger partial charge in [-0.05, 0) is 55.3 Å². The number of hydrogen-bond donors (Lipinski definition) is 0. The van der Waals surface area contributed by atoms with Crippen molar-refractivity contribution in [3.8, 4) is 0 Å². The molecular formula is C15H15ClO2S. The van der Waals surface area contributed by atoms with Gasteiger partial charge in [-0.3, -0.25) is 4.79 Å². The molecule has 0 radical (unpaired) electrons. The van der Waals surface area contributed by atoms with Gasteiger partial charge in [0.2, 0.25) is 0 Å². The highest BCUT2D eigenvalue weighted by Gasteiger charge is 2.28. The Labute approximate surface area is 121 Å². The molecule has 100 valence electrons. The second kappa shape index (κ2) is 5.14. The second-order valence-corrected chi connectivity index (χ2v) is 6.41. The number of aryl methyl sites for hydroxylation is 1. The number of thiophene rings is 1. The molecule has 0 N–H and O–H groups in total. The molecule has 1 heterocycles. The maximum atomic E-state index is 11.8. The summed E-state index contributed by atoms with van der Waals surface area (Å²) in [4.78, 5) is 13.2. The molecule has 0 saturated heterocycles. The van der Waals surface area contributed by atoms with Crippen molar-refractivity contribution in [3.63, 3.8) is 0 Å². The van der Waals surface area contributed by atoms with E-state index < -0.39 is 0 Å². The van der Waals surface area contributed by atoms with Crippen LogP contribution >= 0.6 is 22.9 Å². The van der Waals surface area contributed by atoms with Gasteiger partial charge in [0.15, 0.2) is 0 Å². The summed E-state index contributed by atoms with van der Waals surface area (Å²) in [5, 5.41) is 2.04.